The molecule has 3 N–H and O–H groups in total. The minimum absolute atomic E-state index is 0.327. The lowest BCUT2D eigenvalue weighted by Gasteiger charge is -2.30. The number of nitrogens with two attached hydrogens (primary N) is 1. The zero-order valence-corrected chi connectivity index (χ0v) is 12.9. The average molecular weight is 274 g/mol. The molecule has 0 radical (unpaired) electrons. The van der Waals surface area contributed by atoms with Crippen LogP contribution >= 0.6 is 0 Å². The van der Waals surface area contributed by atoms with Gasteiger partial charge in [-0.3, -0.25) is 11.3 Å². The quantitative estimate of drug-likeness (QED) is 0.385. The highest BCUT2D eigenvalue weighted by Crippen LogP contribution is 2.40. The Labute approximate surface area is 124 Å². The Hall–Kier alpha value is -0.860. The van der Waals surface area contributed by atoms with Crippen LogP contribution in [0.15, 0.2) is 24.3 Å². The van der Waals surface area contributed by atoms with Crippen molar-refractivity contribution in [2.45, 2.75) is 76.7 Å². The van der Waals surface area contributed by atoms with E-state index < -0.39 is 0 Å². The van der Waals surface area contributed by atoms with Crippen molar-refractivity contribution in [3.63, 3.8) is 0 Å². The maximum absolute atomic E-state index is 5.82. The van der Waals surface area contributed by atoms with E-state index in [1.54, 1.807) is 0 Å². The van der Waals surface area contributed by atoms with Crippen LogP contribution in [0.25, 0.3) is 0 Å². The van der Waals surface area contributed by atoms with Crippen LogP contribution in [-0.2, 0) is 0 Å². The summed E-state index contributed by atoms with van der Waals surface area (Å²) in [5, 5.41) is 0. The number of unbranched alkanes of at least 4 members (excludes halogenated alkanes) is 4. The third-order valence-corrected chi connectivity index (χ3v) is 4.71. The van der Waals surface area contributed by atoms with Gasteiger partial charge in [-0.1, -0.05) is 69.7 Å². The smallest absolute Gasteiger partial charge is 0.0462 e. The van der Waals surface area contributed by atoms with E-state index in [0.29, 0.717) is 6.04 Å². The maximum Gasteiger partial charge on any atom is 0.0462 e. The second kappa shape index (κ2) is 8.43. The van der Waals surface area contributed by atoms with Crippen LogP contribution in [0.4, 0.5) is 0 Å². The van der Waals surface area contributed by atoms with Gasteiger partial charge in [0.1, 0.15) is 0 Å². The molecule has 112 valence electrons. The summed E-state index contributed by atoms with van der Waals surface area (Å²) < 4.78 is 0. The molecule has 20 heavy (non-hydrogen) atoms. The molecule has 1 aliphatic rings. The summed E-state index contributed by atoms with van der Waals surface area (Å²) in [5.41, 5.74) is 6.03. The van der Waals surface area contributed by atoms with Crippen molar-refractivity contribution >= 4 is 0 Å². The van der Waals surface area contributed by atoms with Crippen molar-refractivity contribution in [1.29, 1.82) is 0 Å². The van der Waals surface area contributed by atoms with Gasteiger partial charge < -0.3 is 0 Å². The molecule has 1 aromatic rings. The number of nitrogens with one attached hydrogen (secondary N) is 1. The first-order valence-electron chi connectivity index (χ1n) is 8.41. The molecule has 0 bridgehead atoms. The zero-order valence-electron chi connectivity index (χ0n) is 12.9. The zero-order chi connectivity index (χ0) is 14.2. The van der Waals surface area contributed by atoms with Crippen LogP contribution in [0.2, 0.25) is 0 Å². The van der Waals surface area contributed by atoms with Gasteiger partial charge >= 0.3 is 0 Å². The van der Waals surface area contributed by atoms with Gasteiger partial charge in [0.05, 0.1) is 0 Å². The van der Waals surface area contributed by atoms with E-state index in [0.717, 1.165) is 12.3 Å². The molecule has 2 nitrogen and oxygen atoms in total. The van der Waals surface area contributed by atoms with Gasteiger partial charge in [-0.15, -0.1) is 0 Å². The Morgan fingerprint density at radius 3 is 2.55 bits per heavy atom. The molecular formula is C18H30N2. The Morgan fingerprint density at radius 1 is 1.15 bits per heavy atom. The van der Waals surface area contributed by atoms with Gasteiger partial charge in [-0.25, -0.2) is 0 Å². The van der Waals surface area contributed by atoms with Crippen LogP contribution in [0, 0.1) is 0 Å². The van der Waals surface area contributed by atoms with Gasteiger partial charge in [0, 0.05) is 6.04 Å². The molecule has 1 atom stereocenters. The van der Waals surface area contributed by atoms with Gasteiger partial charge in [0.2, 0.25) is 0 Å². The van der Waals surface area contributed by atoms with Gasteiger partial charge in [0.25, 0.3) is 0 Å². The van der Waals surface area contributed by atoms with E-state index in [1.807, 2.05) is 0 Å². The van der Waals surface area contributed by atoms with Crippen LogP contribution in [0.5, 0.6) is 0 Å². The predicted molar refractivity (Wildman–Crippen MR) is 86.5 cm³/mol. The van der Waals surface area contributed by atoms with Crippen molar-refractivity contribution in [2.75, 3.05) is 0 Å². The lowest BCUT2D eigenvalue weighted by Crippen LogP contribution is -2.29. The number of rotatable bonds is 9. The molecule has 0 heterocycles. The van der Waals surface area contributed by atoms with Crippen molar-refractivity contribution < 1.29 is 0 Å². The van der Waals surface area contributed by atoms with Crippen LogP contribution in [-0.4, -0.2) is 0 Å². The molecule has 0 saturated heterocycles. The van der Waals surface area contributed by atoms with E-state index in [9.17, 15) is 0 Å². The first-order valence-corrected chi connectivity index (χ1v) is 8.41. The standard InChI is InChI=1S/C18H30N2/c1-2-3-4-5-6-14-18(20-19)17-13-8-7-12-16(17)15-10-9-11-15/h7-8,12-13,15,18,20H,2-6,9-11,14,19H2,1H3. The summed E-state index contributed by atoms with van der Waals surface area (Å²) in [7, 11) is 0. The molecule has 1 saturated carbocycles. The summed E-state index contributed by atoms with van der Waals surface area (Å²) in [6, 6.07) is 9.23. The van der Waals surface area contributed by atoms with Crippen LogP contribution in [0.3, 0.4) is 0 Å². The molecule has 1 unspecified atom stereocenters. The van der Waals surface area contributed by atoms with Crippen LogP contribution < -0.4 is 11.3 Å². The molecule has 1 aromatic carbocycles. The topological polar surface area (TPSA) is 38.0 Å². The number of hydrazine groups is 1. The maximum atomic E-state index is 5.82. The normalized spacial score (nSPS) is 16.9. The van der Waals surface area contributed by atoms with E-state index in [4.69, 9.17) is 5.84 Å². The summed E-state index contributed by atoms with van der Waals surface area (Å²) in [6.45, 7) is 2.26. The van der Waals surface area contributed by atoms with E-state index in [2.05, 4.69) is 36.6 Å². The third-order valence-electron chi connectivity index (χ3n) is 4.71. The van der Waals surface area contributed by atoms with Crippen LogP contribution in [0.1, 0.15) is 87.8 Å². The Bertz CT molecular complexity index is 385. The minimum Gasteiger partial charge on any atom is -0.271 e. The number of benzene rings is 1. The fourth-order valence-corrected chi connectivity index (χ4v) is 3.20. The van der Waals surface area contributed by atoms with E-state index in [1.165, 1.54) is 62.5 Å². The number of hydrogen-bond acceptors (Lipinski definition) is 2. The molecule has 1 aliphatic carbocycles. The van der Waals surface area contributed by atoms with E-state index in [-0.39, 0.29) is 0 Å². The first kappa shape index (κ1) is 15.5. The summed E-state index contributed by atoms with van der Waals surface area (Å²) in [5.74, 6) is 6.60. The molecule has 0 aliphatic heterocycles. The van der Waals surface area contributed by atoms with Crippen molar-refractivity contribution in [2.24, 2.45) is 5.84 Å². The average Bonchev–Trinajstić information content (AvgIpc) is 2.42. The SMILES string of the molecule is CCCCCCCC(NN)c1ccccc1C1CCC1. The second-order valence-electron chi connectivity index (χ2n) is 6.18. The number of hydrogen-bond donors (Lipinski definition) is 2. The molecular weight excluding hydrogens is 244 g/mol. The molecule has 1 fully saturated rings. The lowest BCUT2D eigenvalue weighted by molar-refractivity contribution is 0.406. The van der Waals surface area contributed by atoms with E-state index >= 15 is 0 Å². The highest BCUT2D eigenvalue weighted by molar-refractivity contribution is 5.34. The van der Waals surface area contributed by atoms with Crippen molar-refractivity contribution in [1.82, 2.24) is 5.43 Å². The highest BCUT2D eigenvalue weighted by atomic mass is 15.2. The first-order chi connectivity index (χ1) is 9.86. The predicted octanol–water partition coefficient (Wildman–Crippen LogP) is 4.82. The Morgan fingerprint density at radius 2 is 1.90 bits per heavy atom. The molecule has 0 spiro atoms. The minimum atomic E-state index is 0.327. The van der Waals surface area contributed by atoms with Gasteiger partial charge in [0.15, 0.2) is 0 Å². The summed E-state index contributed by atoms with van der Waals surface area (Å²) >= 11 is 0. The third kappa shape index (κ3) is 4.07. The Kier molecular flexibility index (Phi) is 6.55. The molecule has 0 aromatic heterocycles. The van der Waals surface area contributed by atoms with Crippen molar-refractivity contribution in [3.05, 3.63) is 35.4 Å². The Balaban J connectivity index is 1.92. The lowest BCUT2D eigenvalue weighted by atomic mass is 9.77. The fourth-order valence-electron chi connectivity index (χ4n) is 3.20. The largest absolute Gasteiger partial charge is 0.271 e. The molecule has 2 heteroatoms. The van der Waals surface area contributed by atoms with Crippen molar-refractivity contribution in [3.8, 4) is 0 Å². The van der Waals surface area contributed by atoms with Gasteiger partial charge in [-0.05, 0) is 36.3 Å². The fraction of sp³-hybridized carbons (Fsp3) is 0.667. The monoisotopic (exact) mass is 274 g/mol. The molecule has 2 rings (SSSR count). The molecule has 0 amide bonds. The highest BCUT2D eigenvalue weighted by Gasteiger charge is 2.24. The second-order valence-corrected chi connectivity index (χ2v) is 6.18. The summed E-state index contributed by atoms with van der Waals surface area (Å²) in [6.07, 6.45) is 11.9. The van der Waals surface area contributed by atoms with Gasteiger partial charge in [-0.2, -0.15) is 0 Å². The summed E-state index contributed by atoms with van der Waals surface area (Å²) in [4.78, 5) is 0.